The van der Waals surface area contributed by atoms with Gasteiger partial charge in [0.05, 0.1) is 0 Å². The molecule has 4 heteroatoms. The van der Waals surface area contributed by atoms with E-state index >= 15 is 0 Å². The van der Waals surface area contributed by atoms with Crippen molar-refractivity contribution in [1.82, 2.24) is 4.90 Å². The van der Waals surface area contributed by atoms with Crippen molar-refractivity contribution in [1.29, 1.82) is 0 Å². The van der Waals surface area contributed by atoms with E-state index in [-0.39, 0.29) is 11.6 Å². The molecule has 3 aromatic rings. The molecule has 1 N–H and O–H groups in total. The molecule has 0 aromatic heterocycles. The van der Waals surface area contributed by atoms with Gasteiger partial charge in [-0.15, -0.1) is 0 Å². The molecule has 2 aliphatic rings. The minimum Gasteiger partial charge on any atom is -0.460 e. The van der Waals surface area contributed by atoms with Crippen LogP contribution in [0.25, 0.3) is 11.1 Å². The molecule has 0 unspecified atom stereocenters. The first-order valence-electron chi connectivity index (χ1n) is 11.4. The van der Waals surface area contributed by atoms with E-state index in [2.05, 4.69) is 43.0 Å². The Morgan fingerprint density at radius 1 is 0.875 bits per heavy atom. The van der Waals surface area contributed by atoms with Crippen LogP contribution in [0.1, 0.15) is 43.4 Å². The molecule has 4 nitrogen and oxygen atoms in total. The summed E-state index contributed by atoms with van der Waals surface area (Å²) >= 11 is 0. The Kier molecular flexibility index (Phi) is 5.15. The van der Waals surface area contributed by atoms with E-state index in [0.717, 1.165) is 37.1 Å². The Labute approximate surface area is 189 Å². The zero-order valence-corrected chi connectivity index (χ0v) is 18.6. The van der Waals surface area contributed by atoms with Crippen molar-refractivity contribution >= 4 is 5.97 Å². The van der Waals surface area contributed by atoms with E-state index in [0.29, 0.717) is 11.1 Å². The van der Waals surface area contributed by atoms with Crippen LogP contribution < -0.4 is 0 Å². The van der Waals surface area contributed by atoms with Gasteiger partial charge >= 0.3 is 5.97 Å². The molecule has 0 bridgehead atoms. The molecule has 0 spiro atoms. The standard InChI is InChI=1S/C28H29NO3/c1-27(2,20-10-4-3-5-11-20)29-18-16-21(17-19-29)32-26(30)28(31)24-14-8-6-12-22(24)23-13-7-9-15-25(23)28/h3-15,21,31H,16-19H2,1-2H3. The summed E-state index contributed by atoms with van der Waals surface area (Å²) in [4.78, 5) is 15.8. The first kappa shape index (κ1) is 20.9. The second kappa shape index (κ2) is 7.88. The molecule has 0 amide bonds. The second-order valence-electron chi connectivity index (χ2n) is 9.32. The lowest BCUT2D eigenvalue weighted by Gasteiger charge is -2.43. The van der Waals surface area contributed by atoms with Crippen molar-refractivity contribution in [3.8, 4) is 11.1 Å². The van der Waals surface area contributed by atoms with Crippen LogP contribution in [0.4, 0.5) is 0 Å². The van der Waals surface area contributed by atoms with Gasteiger partial charge in [-0.05, 0) is 43.4 Å². The van der Waals surface area contributed by atoms with Gasteiger partial charge in [0.15, 0.2) is 0 Å². The number of carbonyl (C=O) groups excluding carboxylic acids is 1. The fourth-order valence-corrected chi connectivity index (χ4v) is 5.23. The topological polar surface area (TPSA) is 49.8 Å². The lowest BCUT2D eigenvalue weighted by Crippen LogP contribution is -2.49. The van der Waals surface area contributed by atoms with E-state index < -0.39 is 11.6 Å². The predicted octanol–water partition coefficient (Wildman–Crippen LogP) is 4.85. The van der Waals surface area contributed by atoms with Crippen LogP contribution in [0.3, 0.4) is 0 Å². The third-order valence-corrected chi connectivity index (χ3v) is 7.21. The number of hydrogen-bond acceptors (Lipinski definition) is 4. The number of ether oxygens (including phenoxy) is 1. The minimum atomic E-state index is -1.76. The zero-order chi connectivity index (χ0) is 22.3. The van der Waals surface area contributed by atoms with Crippen LogP contribution in [0.5, 0.6) is 0 Å². The van der Waals surface area contributed by atoms with E-state index in [1.165, 1.54) is 5.56 Å². The molecule has 1 saturated heterocycles. The Morgan fingerprint density at radius 3 is 1.94 bits per heavy atom. The summed E-state index contributed by atoms with van der Waals surface area (Å²) in [6.07, 6.45) is 1.30. The zero-order valence-electron chi connectivity index (χ0n) is 18.6. The van der Waals surface area contributed by atoms with E-state index in [9.17, 15) is 9.90 Å². The van der Waals surface area contributed by atoms with Gasteiger partial charge in [0.2, 0.25) is 5.60 Å². The number of hydrogen-bond donors (Lipinski definition) is 1. The highest BCUT2D eigenvalue weighted by molar-refractivity contribution is 5.96. The highest BCUT2D eigenvalue weighted by Crippen LogP contribution is 2.48. The third-order valence-electron chi connectivity index (χ3n) is 7.21. The average molecular weight is 428 g/mol. The Morgan fingerprint density at radius 2 is 1.38 bits per heavy atom. The highest BCUT2D eigenvalue weighted by atomic mass is 16.6. The molecule has 1 heterocycles. The molecule has 0 radical (unpaired) electrons. The average Bonchev–Trinajstić information content (AvgIpc) is 3.10. The van der Waals surface area contributed by atoms with Crippen molar-refractivity contribution < 1.29 is 14.6 Å². The van der Waals surface area contributed by atoms with Gasteiger partial charge in [0.25, 0.3) is 0 Å². The van der Waals surface area contributed by atoms with Gasteiger partial charge in [-0.2, -0.15) is 0 Å². The van der Waals surface area contributed by atoms with Crippen LogP contribution in [0, 0.1) is 0 Å². The summed E-state index contributed by atoms with van der Waals surface area (Å²) < 4.78 is 5.94. The number of rotatable bonds is 4. The van der Waals surface area contributed by atoms with Gasteiger partial charge < -0.3 is 9.84 Å². The molecule has 5 rings (SSSR count). The van der Waals surface area contributed by atoms with E-state index in [1.807, 2.05) is 54.6 Å². The first-order valence-corrected chi connectivity index (χ1v) is 11.4. The maximum atomic E-state index is 13.4. The number of nitrogens with zero attached hydrogens (tertiary/aromatic N) is 1. The second-order valence-corrected chi connectivity index (χ2v) is 9.32. The van der Waals surface area contributed by atoms with Crippen molar-refractivity contribution in [2.24, 2.45) is 0 Å². The number of likely N-dealkylation sites (tertiary alicyclic amines) is 1. The van der Waals surface area contributed by atoms with Gasteiger partial charge in [-0.3, -0.25) is 4.90 Å². The summed E-state index contributed by atoms with van der Waals surface area (Å²) in [5, 5.41) is 11.6. The Balaban J connectivity index is 1.32. The minimum absolute atomic E-state index is 0.0855. The number of benzene rings is 3. The van der Waals surface area contributed by atoms with E-state index in [1.54, 1.807) is 0 Å². The molecule has 3 aromatic carbocycles. The maximum absolute atomic E-state index is 13.4. The molecule has 0 saturated carbocycles. The van der Waals surface area contributed by atoms with Gasteiger partial charge in [0, 0.05) is 29.8 Å². The summed E-state index contributed by atoms with van der Waals surface area (Å²) in [5.41, 5.74) is 2.43. The monoisotopic (exact) mass is 427 g/mol. The number of esters is 1. The number of fused-ring (bicyclic) bond motifs is 3. The molecular weight excluding hydrogens is 398 g/mol. The molecule has 32 heavy (non-hydrogen) atoms. The van der Waals surface area contributed by atoms with Crippen LogP contribution in [-0.4, -0.2) is 35.2 Å². The molecule has 0 atom stereocenters. The number of piperidine rings is 1. The van der Waals surface area contributed by atoms with Crippen LogP contribution >= 0.6 is 0 Å². The van der Waals surface area contributed by atoms with E-state index in [4.69, 9.17) is 4.74 Å². The van der Waals surface area contributed by atoms with Crippen molar-refractivity contribution in [2.75, 3.05) is 13.1 Å². The molecule has 1 fully saturated rings. The van der Waals surface area contributed by atoms with Crippen molar-refractivity contribution in [2.45, 2.75) is 43.9 Å². The number of aliphatic hydroxyl groups is 1. The lowest BCUT2D eigenvalue weighted by molar-refractivity contribution is -0.170. The van der Waals surface area contributed by atoms with Crippen LogP contribution in [0.2, 0.25) is 0 Å². The van der Waals surface area contributed by atoms with Crippen LogP contribution in [0.15, 0.2) is 78.9 Å². The molecule has 1 aliphatic carbocycles. The number of carbonyl (C=O) groups is 1. The molecular formula is C28H29NO3. The largest absolute Gasteiger partial charge is 0.460 e. The normalized spacial score (nSPS) is 18.1. The molecule has 164 valence electrons. The lowest BCUT2D eigenvalue weighted by atomic mass is 9.89. The van der Waals surface area contributed by atoms with Gasteiger partial charge in [0.1, 0.15) is 6.10 Å². The highest BCUT2D eigenvalue weighted by Gasteiger charge is 2.50. The summed E-state index contributed by atoms with van der Waals surface area (Å²) in [6.45, 7) is 6.16. The Hall–Kier alpha value is -2.95. The third kappa shape index (κ3) is 3.26. The smallest absolute Gasteiger partial charge is 0.348 e. The van der Waals surface area contributed by atoms with Crippen molar-refractivity contribution in [3.05, 3.63) is 95.6 Å². The van der Waals surface area contributed by atoms with Gasteiger partial charge in [-0.1, -0.05) is 78.9 Å². The van der Waals surface area contributed by atoms with Crippen LogP contribution in [-0.2, 0) is 20.7 Å². The quantitative estimate of drug-likeness (QED) is 0.605. The van der Waals surface area contributed by atoms with Crippen molar-refractivity contribution in [3.63, 3.8) is 0 Å². The Bertz CT molecular complexity index is 1080. The fraction of sp³-hybridized carbons (Fsp3) is 0.321. The first-order chi connectivity index (χ1) is 15.4. The van der Waals surface area contributed by atoms with Gasteiger partial charge in [-0.25, -0.2) is 4.79 Å². The fourth-order valence-electron chi connectivity index (χ4n) is 5.23. The predicted molar refractivity (Wildman–Crippen MR) is 125 cm³/mol. The molecule has 1 aliphatic heterocycles. The SMILES string of the molecule is CC(C)(c1ccccc1)N1CCC(OC(=O)C2(O)c3ccccc3-c3ccccc32)CC1. The summed E-state index contributed by atoms with van der Waals surface area (Å²) in [7, 11) is 0. The summed E-state index contributed by atoms with van der Waals surface area (Å²) in [6, 6.07) is 25.6. The maximum Gasteiger partial charge on any atom is 0.348 e. The summed E-state index contributed by atoms with van der Waals surface area (Å²) in [5.74, 6) is -0.573.